The first-order valence-corrected chi connectivity index (χ1v) is 7.64. The fourth-order valence-corrected chi connectivity index (χ4v) is 1.84. The van der Waals surface area contributed by atoms with Crippen LogP contribution in [0.25, 0.3) is 0 Å². The SMILES string of the molecule is CC(C)(CC(CF)C(N)=O)[Si](C)(C)O. The van der Waals surface area contributed by atoms with E-state index in [0.29, 0.717) is 6.42 Å². The fourth-order valence-electron chi connectivity index (χ4n) is 1.10. The number of carbonyl (C=O) groups excluding carboxylic acids is 1. The van der Waals surface area contributed by atoms with Gasteiger partial charge in [0.15, 0.2) is 8.32 Å². The molecule has 0 aliphatic rings. The van der Waals surface area contributed by atoms with Crippen molar-refractivity contribution in [2.24, 2.45) is 11.7 Å². The van der Waals surface area contributed by atoms with Crippen LogP contribution in [0.15, 0.2) is 0 Å². The molecule has 3 N–H and O–H groups in total. The van der Waals surface area contributed by atoms with E-state index in [-0.39, 0.29) is 0 Å². The van der Waals surface area contributed by atoms with Crippen LogP contribution in [0, 0.1) is 5.92 Å². The van der Waals surface area contributed by atoms with Crippen LogP contribution in [-0.4, -0.2) is 25.7 Å². The van der Waals surface area contributed by atoms with E-state index in [1.54, 1.807) is 13.1 Å². The number of primary amides is 1. The summed E-state index contributed by atoms with van der Waals surface area (Å²) in [5, 5.41) is -0.404. The van der Waals surface area contributed by atoms with E-state index >= 15 is 0 Å². The maximum absolute atomic E-state index is 12.5. The summed E-state index contributed by atoms with van der Waals surface area (Å²) in [6, 6.07) is 0. The first kappa shape index (κ1) is 13.6. The van der Waals surface area contributed by atoms with Crippen LogP contribution in [0.5, 0.6) is 0 Å². The monoisotopic (exact) mass is 221 g/mol. The molecule has 0 bridgehead atoms. The van der Waals surface area contributed by atoms with Crippen LogP contribution in [0.3, 0.4) is 0 Å². The Kier molecular flexibility index (Phi) is 4.27. The van der Waals surface area contributed by atoms with Crippen molar-refractivity contribution in [3.8, 4) is 0 Å². The Morgan fingerprint density at radius 1 is 1.57 bits per heavy atom. The minimum Gasteiger partial charge on any atom is -0.432 e. The van der Waals surface area contributed by atoms with Crippen molar-refractivity contribution >= 4 is 14.2 Å². The van der Waals surface area contributed by atoms with Crippen molar-refractivity contribution in [1.82, 2.24) is 0 Å². The molecule has 1 atom stereocenters. The number of hydrogen-bond donors (Lipinski definition) is 2. The molecular formula is C9H20FNO2Si. The van der Waals surface area contributed by atoms with E-state index in [2.05, 4.69) is 0 Å². The topological polar surface area (TPSA) is 63.3 Å². The summed E-state index contributed by atoms with van der Waals surface area (Å²) in [6.07, 6.45) is 0.314. The third-order valence-electron chi connectivity index (χ3n) is 3.00. The smallest absolute Gasteiger partial charge is 0.223 e. The number of halogens is 1. The van der Waals surface area contributed by atoms with Crippen molar-refractivity contribution in [1.29, 1.82) is 0 Å². The Bertz CT molecular complexity index is 213. The molecule has 0 aromatic carbocycles. The summed E-state index contributed by atoms with van der Waals surface area (Å²) in [7, 11) is -2.38. The molecule has 1 unspecified atom stereocenters. The number of nitrogens with two attached hydrogens (primary N) is 1. The van der Waals surface area contributed by atoms with E-state index in [4.69, 9.17) is 5.73 Å². The van der Waals surface area contributed by atoms with E-state index in [0.717, 1.165) is 0 Å². The molecule has 0 saturated carbocycles. The highest BCUT2D eigenvalue weighted by Crippen LogP contribution is 2.41. The number of carbonyl (C=O) groups is 1. The Hall–Kier alpha value is -0.423. The predicted molar refractivity (Wildman–Crippen MR) is 57.0 cm³/mol. The lowest BCUT2D eigenvalue weighted by atomic mass is 9.97. The number of amides is 1. The molecule has 5 heteroatoms. The van der Waals surface area contributed by atoms with E-state index in [1.807, 2.05) is 13.8 Å². The van der Waals surface area contributed by atoms with Gasteiger partial charge in [-0.1, -0.05) is 13.8 Å². The highest BCUT2D eigenvalue weighted by Gasteiger charge is 2.40. The first-order valence-electron chi connectivity index (χ1n) is 4.69. The van der Waals surface area contributed by atoms with Crippen molar-refractivity contribution in [3.63, 3.8) is 0 Å². The van der Waals surface area contributed by atoms with E-state index in [1.165, 1.54) is 0 Å². The quantitative estimate of drug-likeness (QED) is 0.690. The fraction of sp³-hybridized carbons (Fsp3) is 0.889. The standard InChI is InChI=1S/C9H20FNO2Si/c1-9(2,14(3,4)13)5-7(6-10)8(11)12/h7,13H,5-6H2,1-4H3,(H2,11,12). The Balaban J connectivity index is 4.56. The zero-order chi connectivity index (χ0) is 11.6. The minimum atomic E-state index is -2.38. The average molecular weight is 221 g/mol. The zero-order valence-electron chi connectivity index (χ0n) is 9.30. The minimum absolute atomic E-state index is 0.314. The highest BCUT2D eigenvalue weighted by atomic mass is 28.4. The summed E-state index contributed by atoms with van der Waals surface area (Å²) in [5.74, 6) is -1.40. The second-order valence-electron chi connectivity index (χ2n) is 4.90. The molecule has 3 nitrogen and oxygen atoms in total. The summed E-state index contributed by atoms with van der Waals surface area (Å²) in [6.45, 7) is 6.52. The lowest BCUT2D eigenvalue weighted by molar-refractivity contribution is -0.122. The van der Waals surface area contributed by atoms with Crippen molar-refractivity contribution in [3.05, 3.63) is 0 Å². The largest absolute Gasteiger partial charge is 0.432 e. The second-order valence-corrected chi connectivity index (χ2v) is 9.37. The van der Waals surface area contributed by atoms with Crippen LogP contribution in [-0.2, 0) is 4.79 Å². The third-order valence-corrected chi connectivity index (χ3v) is 6.52. The molecule has 0 fully saturated rings. The summed E-state index contributed by atoms with van der Waals surface area (Å²) < 4.78 is 12.5. The molecule has 0 heterocycles. The van der Waals surface area contributed by atoms with Crippen molar-refractivity contribution < 1.29 is 14.0 Å². The van der Waals surface area contributed by atoms with Gasteiger partial charge in [-0.15, -0.1) is 0 Å². The van der Waals surface area contributed by atoms with Crippen molar-refractivity contribution in [2.45, 2.75) is 38.4 Å². The molecular weight excluding hydrogens is 201 g/mol. The maximum atomic E-state index is 12.5. The molecule has 1 amide bonds. The molecule has 84 valence electrons. The van der Waals surface area contributed by atoms with Gasteiger partial charge in [0.1, 0.15) is 6.67 Å². The molecule has 0 aliphatic heterocycles. The van der Waals surface area contributed by atoms with Gasteiger partial charge in [0.25, 0.3) is 0 Å². The van der Waals surface area contributed by atoms with Crippen molar-refractivity contribution in [2.75, 3.05) is 6.67 Å². The van der Waals surface area contributed by atoms with Crippen LogP contribution in [0.4, 0.5) is 4.39 Å². The Morgan fingerprint density at radius 3 is 2.21 bits per heavy atom. The van der Waals surface area contributed by atoms with E-state index in [9.17, 15) is 14.0 Å². The maximum Gasteiger partial charge on any atom is 0.223 e. The normalized spacial score (nSPS) is 15.3. The first-order chi connectivity index (χ1) is 6.12. The average Bonchev–Trinajstić information content (AvgIpc) is 1.97. The molecule has 0 aromatic heterocycles. The van der Waals surface area contributed by atoms with Gasteiger partial charge < -0.3 is 10.5 Å². The summed E-state index contributed by atoms with van der Waals surface area (Å²) in [4.78, 5) is 20.8. The molecule has 14 heavy (non-hydrogen) atoms. The van der Waals surface area contributed by atoms with E-state index < -0.39 is 31.9 Å². The third kappa shape index (κ3) is 3.38. The number of hydrogen-bond acceptors (Lipinski definition) is 2. The molecule has 0 saturated heterocycles. The van der Waals surface area contributed by atoms with Gasteiger partial charge in [-0.05, 0) is 24.6 Å². The van der Waals surface area contributed by atoms with Gasteiger partial charge in [-0.2, -0.15) is 0 Å². The predicted octanol–water partition coefficient (Wildman–Crippen LogP) is 1.43. The van der Waals surface area contributed by atoms with Gasteiger partial charge in [0, 0.05) is 0 Å². The van der Waals surface area contributed by atoms with Crippen LogP contribution >= 0.6 is 0 Å². The van der Waals surface area contributed by atoms with Gasteiger partial charge in [-0.3, -0.25) is 9.18 Å². The molecule has 0 aliphatic carbocycles. The van der Waals surface area contributed by atoms with Gasteiger partial charge in [0.2, 0.25) is 5.91 Å². The lowest BCUT2D eigenvalue weighted by Gasteiger charge is -2.36. The van der Waals surface area contributed by atoms with Gasteiger partial charge >= 0.3 is 0 Å². The van der Waals surface area contributed by atoms with Crippen LogP contribution in [0.2, 0.25) is 18.1 Å². The van der Waals surface area contributed by atoms with Crippen LogP contribution in [0.1, 0.15) is 20.3 Å². The van der Waals surface area contributed by atoms with Gasteiger partial charge in [-0.25, -0.2) is 0 Å². The molecule has 0 aromatic rings. The zero-order valence-corrected chi connectivity index (χ0v) is 10.3. The number of alkyl halides is 1. The Morgan fingerprint density at radius 2 is 2.00 bits per heavy atom. The molecule has 0 radical (unpaired) electrons. The summed E-state index contributed by atoms with van der Waals surface area (Å²) in [5.41, 5.74) is 5.05. The van der Waals surface area contributed by atoms with Crippen LogP contribution < -0.4 is 5.73 Å². The summed E-state index contributed by atoms with van der Waals surface area (Å²) >= 11 is 0. The second kappa shape index (κ2) is 4.40. The molecule has 0 spiro atoms. The highest BCUT2D eigenvalue weighted by molar-refractivity contribution is 6.72. The van der Waals surface area contributed by atoms with Gasteiger partial charge in [0.05, 0.1) is 5.92 Å². The molecule has 0 rings (SSSR count). The number of rotatable bonds is 5. The lowest BCUT2D eigenvalue weighted by Crippen LogP contribution is -2.42. The Labute approximate surface area is 85.6 Å².